The van der Waals surface area contributed by atoms with E-state index >= 15 is 9.59 Å². The number of cyclic esters (lactones) is 1. The highest BCUT2D eigenvalue weighted by atomic mass is 16.7. The minimum absolute atomic E-state index is 0.0287. The molecular weight excluding hydrogens is 797 g/mol. The summed E-state index contributed by atoms with van der Waals surface area (Å²) in [5, 5.41) is 20.7. The molecule has 12 rings (SSSR count). The molecule has 11 nitrogen and oxygen atoms in total. The van der Waals surface area contributed by atoms with E-state index < -0.39 is 63.2 Å². The van der Waals surface area contributed by atoms with Gasteiger partial charge in [-0.2, -0.15) is 0 Å². The number of aliphatic hydroxyl groups excluding tert-OH is 1. The number of ketones is 1. The monoisotopic (exact) mass is 860 g/mol. The zero-order valence-corrected chi connectivity index (χ0v) is 37.1. The van der Waals surface area contributed by atoms with Gasteiger partial charge in [-0.25, -0.2) is 4.79 Å². The topological polar surface area (TPSA) is 149 Å². The molecule has 6 heterocycles. The summed E-state index contributed by atoms with van der Waals surface area (Å²) in [6, 6.07) is 13.1. The van der Waals surface area contributed by atoms with Crippen LogP contribution in [0.1, 0.15) is 115 Å². The van der Waals surface area contributed by atoms with Crippen molar-refractivity contribution in [2.45, 2.75) is 152 Å². The van der Waals surface area contributed by atoms with Crippen LogP contribution in [0.15, 0.2) is 47.1 Å². The van der Waals surface area contributed by atoms with Crippen LogP contribution in [0.5, 0.6) is 0 Å². The molecule has 63 heavy (non-hydrogen) atoms. The maximum Gasteiger partial charge on any atom is 0.339 e. The highest BCUT2D eigenvalue weighted by Crippen LogP contribution is 2.84. The van der Waals surface area contributed by atoms with E-state index in [1.54, 1.807) is 6.26 Å². The van der Waals surface area contributed by atoms with Crippen LogP contribution in [0.2, 0.25) is 0 Å². The molecule has 0 radical (unpaired) electrons. The van der Waals surface area contributed by atoms with Crippen molar-refractivity contribution in [1.82, 2.24) is 10.6 Å². The lowest BCUT2D eigenvalue weighted by molar-refractivity contribution is -0.295. The Bertz CT molecular complexity index is 2250. The molecule has 0 amide bonds. The number of ether oxygens (including phenoxy) is 4. The average molecular weight is 861 g/mol. The molecule has 5 aliphatic carbocycles. The van der Waals surface area contributed by atoms with Gasteiger partial charge in [0.05, 0.1) is 36.7 Å². The number of epoxide rings is 1. The number of aliphatic hydroxyl groups is 1. The predicted octanol–water partition coefficient (Wildman–Crippen LogP) is 6.18. The lowest BCUT2D eigenvalue weighted by atomic mass is 9.31. The molecule has 3 spiro atoms. The summed E-state index contributed by atoms with van der Waals surface area (Å²) in [5.41, 5.74) is -4.50. The summed E-state index contributed by atoms with van der Waals surface area (Å²) in [4.78, 5) is 44.0. The molecule has 4 saturated carbocycles. The van der Waals surface area contributed by atoms with Gasteiger partial charge in [0.25, 0.3) is 0 Å². The van der Waals surface area contributed by atoms with E-state index in [0.29, 0.717) is 43.6 Å². The van der Waals surface area contributed by atoms with Crippen molar-refractivity contribution in [2.75, 3.05) is 19.8 Å². The third-order valence-corrected chi connectivity index (χ3v) is 19.6. The molecule has 2 aromatic rings. The number of furan rings is 1. The van der Waals surface area contributed by atoms with Gasteiger partial charge >= 0.3 is 11.9 Å². The summed E-state index contributed by atoms with van der Waals surface area (Å²) in [6.45, 7) is 8.04. The molecule has 4 bridgehead atoms. The Morgan fingerprint density at radius 3 is 2.54 bits per heavy atom. The highest BCUT2D eigenvalue weighted by molar-refractivity contribution is 5.92. The Balaban J connectivity index is 0.991. The second kappa shape index (κ2) is 14.2. The molecule has 9 fully saturated rings. The largest absolute Gasteiger partial charge is 0.469 e. The van der Waals surface area contributed by atoms with Crippen LogP contribution >= 0.6 is 0 Å². The summed E-state index contributed by atoms with van der Waals surface area (Å²) < 4.78 is 33.6. The number of benzene rings is 1. The van der Waals surface area contributed by atoms with Gasteiger partial charge in [-0.1, -0.05) is 61.9 Å². The van der Waals surface area contributed by atoms with E-state index in [2.05, 4.69) is 53.7 Å². The van der Waals surface area contributed by atoms with Crippen LogP contribution in [0.4, 0.5) is 0 Å². The maximum absolute atomic E-state index is 15.7. The Morgan fingerprint density at radius 2 is 1.75 bits per heavy atom. The molecule has 336 valence electrons. The van der Waals surface area contributed by atoms with Crippen molar-refractivity contribution in [1.29, 1.82) is 0 Å². The zero-order chi connectivity index (χ0) is 43.1. The lowest BCUT2D eigenvalue weighted by Crippen LogP contribution is -2.81. The number of carbonyl (C=O) groups excluding carboxylic acids is 3. The number of hydrogen-bond acceptors (Lipinski definition) is 11. The molecule has 0 unspecified atom stereocenters. The second-order valence-electron chi connectivity index (χ2n) is 22.4. The minimum Gasteiger partial charge on any atom is -0.469 e. The van der Waals surface area contributed by atoms with Crippen LogP contribution in [0.25, 0.3) is 0 Å². The van der Waals surface area contributed by atoms with E-state index in [4.69, 9.17) is 23.4 Å². The molecular formula is C52H64N2O9. The van der Waals surface area contributed by atoms with Gasteiger partial charge in [0.15, 0.2) is 17.5 Å². The number of Topliss-reactive ketones (excluding diaryl/α,β-unsaturated/α-hetero) is 1. The van der Waals surface area contributed by atoms with Gasteiger partial charge < -0.3 is 39.1 Å². The molecule has 3 N–H and O–H groups in total. The van der Waals surface area contributed by atoms with Crippen molar-refractivity contribution in [3.63, 3.8) is 0 Å². The zero-order valence-electron chi connectivity index (χ0n) is 37.1. The van der Waals surface area contributed by atoms with Gasteiger partial charge in [0, 0.05) is 53.4 Å². The van der Waals surface area contributed by atoms with Crippen LogP contribution in [0, 0.1) is 69.5 Å². The van der Waals surface area contributed by atoms with Gasteiger partial charge in [-0.3, -0.25) is 9.59 Å². The molecule has 10 aliphatic rings. The van der Waals surface area contributed by atoms with Crippen molar-refractivity contribution >= 4 is 17.7 Å². The van der Waals surface area contributed by atoms with E-state index in [9.17, 15) is 9.90 Å². The summed E-state index contributed by atoms with van der Waals surface area (Å²) in [6.07, 6.45) is 10.0. The number of esters is 2. The number of nitrogens with one attached hydrogen (secondary N) is 2. The summed E-state index contributed by atoms with van der Waals surface area (Å²) >= 11 is 0. The fourth-order valence-electron chi connectivity index (χ4n) is 17.1. The fraction of sp³-hybridized carbons (Fsp3) is 0.712. The van der Waals surface area contributed by atoms with Gasteiger partial charge in [-0.05, 0) is 113 Å². The first kappa shape index (κ1) is 40.9. The first-order valence-electron chi connectivity index (χ1n) is 24.4. The van der Waals surface area contributed by atoms with Crippen molar-refractivity contribution < 1.29 is 42.9 Å². The Hall–Kier alpha value is -3.53. The fourth-order valence-corrected chi connectivity index (χ4v) is 17.1. The third kappa shape index (κ3) is 5.36. The normalized spacial score (nSPS) is 47.7. The molecule has 5 saturated heterocycles. The van der Waals surface area contributed by atoms with Crippen LogP contribution < -0.4 is 10.6 Å². The first-order valence-corrected chi connectivity index (χ1v) is 24.4. The summed E-state index contributed by atoms with van der Waals surface area (Å²) in [7, 11) is 0. The van der Waals surface area contributed by atoms with Gasteiger partial charge in [-0.15, -0.1) is 0 Å². The van der Waals surface area contributed by atoms with Crippen molar-refractivity contribution in [3.05, 3.63) is 59.5 Å². The van der Waals surface area contributed by atoms with Crippen molar-refractivity contribution in [2.24, 2.45) is 57.7 Å². The minimum atomic E-state index is -1.47. The number of carbonyl (C=O) groups is 3. The number of hydrogen-bond donors (Lipinski definition) is 3. The average Bonchev–Trinajstić information content (AvgIpc) is 3.53. The van der Waals surface area contributed by atoms with E-state index in [1.807, 2.05) is 26.0 Å². The molecule has 5 aliphatic heterocycles. The SMILES string of the molecule is CC1(C)O[C@H]2CC(=O)OC[C@@]23[C@@H]1C(=O)[C@@H](O)[C@]12[C@@H]3CC[C@]3(C)[C@@]14O[C@@H]4C(=O)O[C@]3(c1ccoc1CCC1CCC([C@H]3CNCN3)CC1)CC#C[C@@H]1CC[C@H](Cc3ccccc3)C[C@@H]12. The highest BCUT2D eigenvalue weighted by Gasteiger charge is 2.95. The second-order valence-corrected chi connectivity index (χ2v) is 22.4. The van der Waals surface area contributed by atoms with Gasteiger partial charge in [0.2, 0.25) is 0 Å². The number of aryl methyl sites for hydroxylation is 1. The predicted molar refractivity (Wildman–Crippen MR) is 229 cm³/mol. The van der Waals surface area contributed by atoms with Crippen LogP contribution in [0.3, 0.4) is 0 Å². The molecule has 14 atom stereocenters. The van der Waals surface area contributed by atoms with Crippen LogP contribution in [-0.4, -0.2) is 78.2 Å². The van der Waals surface area contributed by atoms with E-state index in [-0.39, 0.29) is 54.9 Å². The Morgan fingerprint density at radius 1 is 0.937 bits per heavy atom. The quantitative estimate of drug-likeness (QED) is 0.167. The third-order valence-electron chi connectivity index (χ3n) is 19.6. The lowest BCUT2D eigenvalue weighted by Gasteiger charge is -2.71. The first-order chi connectivity index (χ1) is 30.4. The van der Waals surface area contributed by atoms with E-state index in [0.717, 1.165) is 50.2 Å². The summed E-state index contributed by atoms with van der Waals surface area (Å²) in [5.74, 6) is 7.19. The van der Waals surface area contributed by atoms with E-state index in [1.165, 1.54) is 31.2 Å². The maximum atomic E-state index is 15.7. The Kier molecular flexibility index (Phi) is 9.25. The smallest absolute Gasteiger partial charge is 0.339 e. The van der Waals surface area contributed by atoms with Crippen molar-refractivity contribution in [3.8, 4) is 11.8 Å². The molecule has 1 aromatic heterocycles. The standard InChI is InChI=1S/C52H64N2O9/c1-47(2)43-42(56)44(57)51-36-25-32(24-31-8-5-4-6-9-31)13-15-33(36)10-7-21-50(35-20-23-59-38(35)18-14-30-11-16-34(17-12-30)37-27-53-29-54-37)48(3,52(51)45(62-52)46(58)63-50)22-19-39(51)49(43)28-60-41(55)26-40(49)61-47/h4-6,8-9,20,23,30,32-34,36-37,39-40,43-45,53-54,57H,11-19,21-22,24-29H2,1-3H3/t30?,32-,33-,34?,36+,37-,39-,40+,43-,44-,45-,48+,49+,50+,51+,52-/m1/s1. The molecule has 1 aromatic carbocycles. The number of rotatable bonds is 7. The number of fused-ring (bicyclic) bond motifs is 1. The van der Waals surface area contributed by atoms with Crippen LogP contribution in [-0.2, 0) is 51.8 Å². The van der Waals surface area contributed by atoms with Gasteiger partial charge in [0.1, 0.15) is 24.1 Å². The molecule has 11 heteroatoms. The Labute approximate surface area is 370 Å².